The SMILES string of the molecule is COC(=O)CC(NC(=O)Cc1ccc2c(c1)CCCC2)c1ccc(OC)cc1. The molecule has 0 radical (unpaired) electrons. The minimum absolute atomic E-state index is 0.0821. The van der Waals surface area contributed by atoms with Gasteiger partial charge in [0, 0.05) is 0 Å². The molecule has 0 saturated heterocycles. The van der Waals surface area contributed by atoms with Gasteiger partial charge in [0.25, 0.3) is 0 Å². The number of aryl methyl sites for hydroxylation is 2. The van der Waals surface area contributed by atoms with Crippen LogP contribution in [0.15, 0.2) is 42.5 Å². The average Bonchev–Trinajstić information content (AvgIpc) is 2.73. The first-order valence-electron chi connectivity index (χ1n) is 9.70. The second-order valence-corrected chi connectivity index (χ2v) is 7.16. The van der Waals surface area contributed by atoms with Gasteiger partial charge in [-0.2, -0.15) is 0 Å². The zero-order valence-corrected chi connectivity index (χ0v) is 16.5. The smallest absolute Gasteiger partial charge is 0.307 e. The van der Waals surface area contributed by atoms with Crippen LogP contribution in [0.25, 0.3) is 0 Å². The highest BCUT2D eigenvalue weighted by molar-refractivity contribution is 5.80. The lowest BCUT2D eigenvalue weighted by molar-refractivity contribution is -0.141. The lowest BCUT2D eigenvalue weighted by Crippen LogP contribution is -2.31. The van der Waals surface area contributed by atoms with Crippen LogP contribution in [0.2, 0.25) is 0 Å². The molecule has 3 rings (SSSR count). The number of hydrogen-bond acceptors (Lipinski definition) is 4. The zero-order chi connectivity index (χ0) is 19.9. The summed E-state index contributed by atoms with van der Waals surface area (Å²) in [7, 11) is 2.95. The van der Waals surface area contributed by atoms with E-state index >= 15 is 0 Å². The Morgan fingerprint density at radius 3 is 2.39 bits per heavy atom. The van der Waals surface area contributed by atoms with Gasteiger partial charge in [-0.05, 0) is 60.1 Å². The summed E-state index contributed by atoms with van der Waals surface area (Å²) < 4.78 is 9.97. The molecule has 1 amide bonds. The van der Waals surface area contributed by atoms with E-state index in [0.717, 1.165) is 29.7 Å². The molecular formula is C23H27NO4. The number of benzene rings is 2. The molecule has 1 unspecified atom stereocenters. The summed E-state index contributed by atoms with van der Waals surface area (Å²) in [5, 5.41) is 2.98. The molecule has 0 aliphatic heterocycles. The van der Waals surface area contributed by atoms with Crippen LogP contribution < -0.4 is 10.1 Å². The van der Waals surface area contributed by atoms with Gasteiger partial charge < -0.3 is 14.8 Å². The first kappa shape index (κ1) is 19.9. The number of esters is 1. The number of hydrogen-bond donors (Lipinski definition) is 1. The molecule has 0 fully saturated rings. The van der Waals surface area contributed by atoms with Crippen LogP contribution in [-0.4, -0.2) is 26.1 Å². The predicted octanol–water partition coefficient (Wildman–Crippen LogP) is 3.54. The van der Waals surface area contributed by atoms with Gasteiger partial charge in [0.05, 0.1) is 33.1 Å². The summed E-state index contributed by atoms with van der Waals surface area (Å²) in [6.07, 6.45) is 5.03. The van der Waals surface area contributed by atoms with Crippen molar-refractivity contribution < 1.29 is 19.1 Å². The number of amides is 1. The van der Waals surface area contributed by atoms with Crippen LogP contribution in [0.1, 0.15) is 47.6 Å². The standard InChI is InChI=1S/C23H27NO4/c1-27-20-11-9-18(10-12-20)21(15-23(26)28-2)24-22(25)14-16-7-8-17-5-3-4-6-19(17)13-16/h7-13,21H,3-6,14-15H2,1-2H3,(H,24,25). The van der Waals surface area contributed by atoms with Crippen molar-refractivity contribution in [3.05, 3.63) is 64.7 Å². The molecule has 5 nitrogen and oxygen atoms in total. The third-order valence-corrected chi connectivity index (χ3v) is 5.23. The first-order chi connectivity index (χ1) is 13.6. The third kappa shape index (κ3) is 5.12. The van der Waals surface area contributed by atoms with Gasteiger partial charge >= 0.3 is 5.97 Å². The summed E-state index contributed by atoms with van der Waals surface area (Å²) in [6, 6.07) is 13.2. The molecule has 1 N–H and O–H groups in total. The molecule has 148 valence electrons. The maximum Gasteiger partial charge on any atom is 0.307 e. The largest absolute Gasteiger partial charge is 0.497 e. The Bertz CT molecular complexity index is 829. The summed E-state index contributed by atoms with van der Waals surface area (Å²) >= 11 is 0. The highest BCUT2D eigenvalue weighted by Gasteiger charge is 2.20. The molecular weight excluding hydrogens is 354 g/mol. The number of ether oxygens (including phenoxy) is 2. The van der Waals surface area contributed by atoms with E-state index in [9.17, 15) is 9.59 Å². The van der Waals surface area contributed by atoms with Crippen molar-refractivity contribution in [2.75, 3.05) is 14.2 Å². The maximum absolute atomic E-state index is 12.7. The lowest BCUT2D eigenvalue weighted by atomic mass is 9.90. The van der Waals surface area contributed by atoms with Crippen molar-refractivity contribution in [2.24, 2.45) is 0 Å². The number of rotatable bonds is 7. The Hall–Kier alpha value is -2.82. The van der Waals surface area contributed by atoms with Gasteiger partial charge in [-0.25, -0.2) is 0 Å². The molecule has 0 aromatic heterocycles. The van der Waals surface area contributed by atoms with Gasteiger partial charge in [0.2, 0.25) is 5.91 Å². The van der Waals surface area contributed by atoms with E-state index in [1.807, 2.05) is 30.3 Å². The normalized spacial score (nSPS) is 13.9. The molecule has 0 heterocycles. The van der Waals surface area contributed by atoms with E-state index in [1.54, 1.807) is 7.11 Å². The number of carbonyl (C=O) groups is 2. The minimum atomic E-state index is -0.441. The number of fused-ring (bicyclic) bond motifs is 1. The highest BCUT2D eigenvalue weighted by Crippen LogP contribution is 2.23. The van der Waals surface area contributed by atoms with Crippen LogP contribution in [0.3, 0.4) is 0 Å². The van der Waals surface area contributed by atoms with Gasteiger partial charge in [0.15, 0.2) is 0 Å². The molecule has 1 aliphatic rings. The topological polar surface area (TPSA) is 64.6 Å². The second-order valence-electron chi connectivity index (χ2n) is 7.16. The van der Waals surface area contributed by atoms with Gasteiger partial charge in [0.1, 0.15) is 5.75 Å². The van der Waals surface area contributed by atoms with Gasteiger partial charge in [-0.15, -0.1) is 0 Å². The Morgan fingerprint density at radius 2 is 1.71 bits per heavy atom. The third-order valence-electron chi connectivity index (χ3n) is 5.23. The zero-order valence-electron chi connectivity index (χ0n) is 16.5. The monoisotopic (exact) mass is 381 g/mol. The van der Waals surface area contributed by atoms with E-state index in [2.05, 4.69) is 17.4 Å². The summed E-state index contributed by atoms with van der Waals surface area (Å²) in [6.45, 7) is 0. The number of methoxy groups -OCH3 is 2. The summed E-state index contributed by atoms with van der Waals surface area (Å²) in [5.41, 5.74) is 4.60. The van der Waals surface area contributed by atoms with Crippen LogP contribution in [0.5, 0.6) is 5.75 Å². The van der Waals surface area contributed by atoms with Crippen molar-refractivity contribution in [1.82, 2.24) is 5.32 Å². The Labute approximate surface area is 166 Å². The highest BCUT2D eigenvalue weighted by atomic mass is 16.5. The van der Waals surface area contributed by atoms with E-state index in [4.69, 9.17) is 9.47 Å². The molecule has 28 heavy (non-hydrogen) atoms. The molecule has 5 heteroatoms. The van der Waals surface area contributed by atoms with E-state index in [0.29, 0.717) is 6.42 Å². The van der Waals surface area contributed by atoms with Crippen LogP contribution in [0, 0.1) is 0 Å². The molecule has 1 aliphatic carbocycles. The fourth-order valence-electron chi connectivity index (χ4n) is 3.67. The fraction of sp³-hybridized carbons (Fsp3) is 0.391. The number of carbonyl (C=O) groups excluding carboxylic acids is 2. The van der Waals surface area contributed by atoms with E-state index in [-0.39, 0.29) is 18.3 Å². The van der Waals surface area contributed by atoms with E-state index in [1.165, 1.54) is 31.1 Å². The minimum Gasteiger partial charge on any atom is -0.497 e. The van der Waals surface area contributed by atoms with Gasteiger partial charge in [-0.3, -0.25) is 9.59 Å². The van der Waals surface area contributed by atoms with Crippen molar-refractivity contribution >= 4 is 11.9 Å². The van der Waals surface area contributed by atoms with E-state index < -0.39 is 6.04 Å². The summed E-state index contributed by atoms with van der Waals surface area (Å²) in [5.74, 6) is 0.247. The van der Waals surface area contributed by atoms with Crippen molar-refractivity contribution in [3.63, 3.8) is 0 Å². The van der Waals surface area contributed by atoms with Crippen LogP contribution >= 0.6 is 0 Å². The number of nitrogens with one attached hydrogen (secondary N) is 1. The average molecular weight is 381 g/mol. The quantitative estimate of drug-likeness (QED) is 0.745. The Kier molecular flexibility index (Phi) is 6.69. The summed E-state index contributed by atoms with van der Waals surface area (Å²) in [4.78, 5) is 24.5. The first-order valence-corrected chi connectivity index (χ1v) is 9.70. The Morgan fingerprint density at radius 1 is 1.00 bits per heavy atom. The van der Waals surface area contributed by atoms with Gasteiger partial charge in [-0.1, -0.05) is 30.3 Å². The molecule has 0 spiro atoms. The predicted molar refractivity (Wildman–Crippen MR) is 107 cm³/mol. The second kappa shape index (κ2) is 9.40. The molecule has 2 aromatic carbocycles. The molecule has 1 atom stereocenters. The van der Waals surface area contributed by atoms with Crippen molar-refractivity contribution in [1.29, 1.82) is 0 Å². The van der Waals surface area contributed by atoms with Crippen molar-refractivity contribution in [3.8, 4) is 5.75 Å². The lowest BCUT2D eigenvalue weighted by Gasteiger charge is -2.19. The van der Waals surface area contributed by atoms with Crippen LogP contribution in [0.4, 0.5) is 0 Å². The molecule has 0 saturated carbocycles. The molecule has 2 aromatic rings. The fourth-order valence-corrected chi connectivity index (χ4v) is 3.67. The Balaban J connectivity index is 1.70. The molecule has 0 bridgehead atoms. The maximum atomic E-state index is 12.7. The van der Waals surface area contributed by atoms with Crippen LogP contribution in [-0.2, 0) is 33.6 Å². The van der Waals surface area contributed by atoms with Crippen molar-refractivity contribution in [2.45, 2.75) is 44.6 Å².